The molecule has 1 aromatic rings. The van der Waals surface area contributed by atoms with Crippen LogP contribution in [0.5, 0.6) is 0 Å². The summed E-state index contributed by atoms with van der Waals surface area (Å²) < 4.78 is 5.29. The molecule has 1 aliphatic heterocycles. The zero-order chi connectivity index (χ0) is 15.8. The smallest absolute Gasteiger partial charge is 0.270 e. The average Bonchev–Trinajstić information content (AvgIpc) is 2.55. The molecule has 1 fully saturated rings. The summed E-state index contributed by atoms with van der Waals surface area (Å²) in [7, 11) is 0. The second-order valence-electron chi connectivity index (χ2n) is 5.22. The van der Waals surface area contributed by atoms with Crippen LogP contribution in [-0.2, 0) is 4.74 Å². The lowest BCUT2D eigenvalue weighted by Gasteiger charge is -2.26. The molecule has 22 heavy (non-hydrogen) atoms. The number of nitrogens with one attached hydrogen (secondary N) is 1. The van der Waals surface area contributed by atoms with E-state index in [4.69, 9.17) is 4.74 Å². The van der Waals surface area contributed by atoms with Gasteiger partial charge in [-0.15, -0.1) is 0 Å². The fourth-order valence-electron chi connectivity index (χ4n) is 2.35. The maximum absolute atomic E-state index is 11.9. The predicted molar refractivity (Wildman–Crippen MR) is 81.9 cm³/mol. The minimum Gasteiger partial charge on any atom is -0.379 e. The maximum atomic E-state index is 11.9. The fraction of sp³-hybridized carbons (Fsp3) is 0.533. The predicted octanol–water partition coefficient (Wildman–Crippen LogP) is 1.44. The Labute approximate surface area is 129 Å². The molecule has 2 rings (SSSR count). The molecule has 1 aliphatic rings. The van der Waals surface area contributed by atoms with Crippen molar-refractivity contribution in [3.05, 3.63) is 39.9 Å². The van der Waals surface area contributed by atoms with E-state index in [2.05, 4.69) is 10.2 Å². The van der Waals surface area contributed by atoms with Crippen molar-refractivity contribution >= 4 is 11.6 Å². The molecule has 7 heteroatoms. The largest absolute Gasteiger partial charge is 0.379 e. The monoisotopic (exact) mass is 307 g/mol. The van der Waals surface area contributed by atoms with E-state index in [1.54, 1.807) is 6.07 Å². The van der Waals surface area contributed by atoms with Crippen molar-refractivity contribution in [2.45, 2.75) is 12.8 Å². The van der Waals surface area contributed by atoms with E-state index in [9.17, 15) is 14.9 Å². The number of benzene rings is 1. The summed E-state index contributed by atoms with van der Waals surface area (Å²) in [6.45, 7) is 5.12. The van der Waals surface area contributed by atoms with Crippen molar-refractivity contribution in [3.63, 3.8) is 0 Å². The summed E-state index contributed by atoms with van der Waals surface area (Å²) in [5, 5.41) is 13.5. The van der Waals surface area contributed by atoms with Crippen molar-refractivity contribution in [1.82, 2.24) is 10.2 Å². The zero-order valence-corrected chi connectivity index (χ0v) is 12.5. The van der Waals surface area contributed by atoms with Gasteiger partial charge in [-0.3, -0.25) is 19.8 Å². The van der Waals surface area contributed by atoms with Gasteiger partial charge in [0.2, 0.25) is 0 Å². The van der Waals surface area contributed by atoms with Gasteiger partial charge in [0.25, 0.3) is 11.6 Å². The minimum absolute atomic E-state index is 0.0695. The SMILES string of the molecule is O=C(NCCCCN1CCOCC1)c1cccc([N+](=O)[O-])c1. The Morgan fingerprint density at radius 3 is 2.82 bits per heavy atom. The highest BCUT2D eigenvalue weighted by molar-refractivity contribution is 5.94. The Morgan fingerprint density at radius 1 is 1.32 bits per heavy atom. The van der Waals surface area contributed by atoms with Crippen molar-refractivity contribution in [1.29, 1.82) is 0 Å². The number of carbonyl (C=O) groups excluding carboxylic acids is 1. The van der Waals surface area contributed by atoms with Crippen LogP contribution in [0.4, 0.5) is 5.69 Å². The second-order valence-corrected chi connectivity index (χ2v) is 5.22. The van der Waals surface area contributed by atoms with Crippen LogP contribution in [0, 0.1) is 10.1 Å². The normalized spacial score (nSPS) is 15.5. The number of rotatable bonds is 7. The third-order valence-corrected chi connectivity index (χ3v) is 3.61. The number of hydrogen-bond acceptors (Lipinski definition) is 5. The van der Waals surface area contributed by atoms with Crippen LogP contribution in [-0.4, -0.2) is 55.1 Å². The van der Waals surface area contributed by atoms with Crippen LogP contribution < -0.4 is 5.32 Å². The molecule has 0 bridgehead atoms. The van der Waals surface area contributed by atoms with Gasteiger partial charge in [-0.1, -0.05) is 6.07 Å². The van der Waals surface area contributed by atoms with E-state index in [0.29, 0.717) is 12.1 Å². The van der Waals surface area contributed by atoms with E-state index in [0.717, 1.165) is 45.7 Å². The maximum Gasteiger partial charge on any atom is 0.270 e. The number of nitrogens with zero attached hydrogens (tertiary/aromatic N) is 2. The summed E-state index contributed by atoms with van der Waals surface area (Å²) in [6.07, 6.45) is 1.90. The van der Waals surface area contributed by atoms with Gasteiger partial charge in [-0.05, 0) is 25.5 Å². The lowest BCUT2D eigenvalue weighted by Crippen LogP contribution is -2.37. The fourth-order valence-corrected chi connectivity index (χ4v) is 2.35. The van der Waals surface area contributed by atoms with Crippen LogP contribution in [0.3, 0.4) is 0 Å². The van der Waals surface area contributed by atoms with Crippen LogP contribution in [0.25, 0.3) is 0 Å². The Kier molecular flexibility index (Phi) is 6.29. The molecule has 1 aromatic carbocycles. The van der Waals surface area contributed by atoms with Crippen molar-refractivity contribution < 1.29 is 14.5 Å². The molecule has 1 N–H and O–H groups in total. The van der Waals surface area contributed by atoms with Crippen LogP contribution in [0.2, 0.25) is 0 Å². The van der Waals surface area contributed by atoms with E-state index in [1.165, 1.54) is 18.2 Å². The Bertz CT molecular complexity index is 515. The number of nitro groups is 1. The Balaban J connectivity index is 1.67. The van der Waals surface area contributed by atoms with Gasteiger partial charge in [0.15, 0.2) is 0 Å². The minimum atomic E-state index is -0.501. The van der Waals surface area contributed by atoms with Gasteiger partial charge >= 0.3 is 0 Å². The standard InChI is InChI=1S/C15H21N3O4/c19-15(13-4-3-5-14(12-13)18(20)21)16-6-1-2-7-17-8-10-22-11-9-17/h3-5,12H,1-2,6-11H2,(H,16,19). The Hall–Kier alpha value is -1.99. The molecule has 1 saturated heterocycles. The molecule has 0 atom stereocenters. The number of nitro benzene ring substituents is 1. The number of carbonyl (C=O) groups is 1. The first-order chi connectivity index (χ1) is 10.7. The second kappa shape index (κ2) is 8.45. The molecule has 0 aliphatic carbocycles. The van der Waals surface area contributed by atoms with Gasteiger partial charge < -0.3 is 10.1 Å². The Morgan fingerprint density at radius 2 is 2.09 bits per heavy atom. The third kappa shape index (κ3) is 5.09. The summed E-state index contributed by atoms with van der Waals surface area (Å²) in [6, 6.07) is 5.77. The number of hydrogen-bond donors (Lipinski definition) is 1. The highest BCUT2D eigenvalue weighted by Gasteiger charge is 2.11. The lowest BCUT2D eigenvalue weighted by molar-refractivity contribution is -0.384. The molecular formula is C15H21N3O4. The molecule has 0 aromatic heterocycles. The van der Waals surface area contributed by atoms with Gasteiger partial charge in [-0.2, -0.15) is 0 Å². The lowest BCUT2D eigenvalue weighted by atomic mass is 10.2. The van der Waals surface area contributed by atoms with Crippen molar-refractivity contribution in [2.24, 2.45) is 0 Å². The number of non-ortho nitro benzene ring substituents is 1. The molecule has 0 spiro atoms. The van der Waals surface area contributed by atoms with Gasteiger partial charge in [0.05, 0.1) is 18.1 Å². The highest BCUT2D eigenvalue weighted by atomic mass is 16.6. The molecule has 7 nitrogen and oxygen atoms in total. The van der Waals surface area contributed by atoms with Crippen LogP contribution in [0.1, 0.15) is 23.2 Å². The summed E-state index contributed by atoms with van der Waals surface area (Å²) >= 11 is 0. The molecule has 0 unspecified atom stereocenters. The van der Waals surface area contributed by atoms with Gasteiger partial charge in [0, 0.05) is 37.3 Å². The first-order valence-corrected chi connectivity index (χ1v) is 7.49. The van der Waals surface area contributed by atoms with E-state index < -0.39 is 4.92 Å². The molecule has 120 valence electrons. The number of ether oxygens (including phenoxy) is 1. The third-order valence-electron chi connectivity index (χ3n) is 3.61. The first kappa shape index (κ1) is 16.4. The molecule has 1 amide bonds. The van der Waals surface area contributed by atoms with Crippen LogP contribution in [0.15, 0.2) is 24.3 Å². The molecule has 0 saturated carbocycles. The zero-order valence-electron chi connectivity index (χ0n) is 12.5. The average molecular weight is 307 g/mol. The number of amides is 1. The first-order valence-electron chi connectivity index (χ1n) is 7.49. The van der Waals surface area contributed by atoms with Crippen molar-refractivity contribution in [3.8, 4) is 0 Å². The quantitative estimate of drug-likeness (QED) is 0.468. The topological polar surface area (TPSA) is 84.7 Å². The number of unbranched alkanes of at least 4 members (excludes halogenated alkanes) is 1. The summed E-state index contributed by atoms with van der Waals surface area (Å²) in [5.74, 6) is -0.268. The summed E-state index contributed by atoms with van der Waals surface area (Å²) in [4.78, 5) is 24.5. The highest BCUT2D eigenvalue weighted by Crippen LogP contribution is 2.12. The van der Waals surface area contributed by atoms with E-state index in [-0.39, 0.29) is 11.6 Å². The molecular weight excluding hydrogens is 286 g/mol. The van der Waals surface area contributed by atoms with E-state index >= 15 is 0 Å². The van der Waals surface area contributed by atoms with Crippen molar-refractivity contribution in [2.75, 3.05) is 39.4 Å². The molecule has 0 radical (unpaired) electrons. The van der Waals surface area contributed by atoms with Gasteiger partial charge in [0.1, 0.15) is 0 Å². The van der Waals surface area contributed by atoms with Crippen LogP contribution >= 0.6 is 0 Å². The van der Waals surface area contributed by atoms with E-state index in [1.807, 2.05) is 0 Å². The van der Waals surface area contributed by atoms with Gasteiger partial charge in [-0.25, -0.2) is 0 Å². The summed E-state index contributed by atoms with van der Waals surface area (Å²) in [5.41, 5.74) is 0.252. The molecule has 1 heterocycles. The number of morpholine rings is 1.